The van der Waals surface area contributed by atoms with Gasteiger partial charge in [0.15, 0.2) is 6.61 Å². The van der Waals surface area contributed by atoms with Gasteiger partial charge in [0.05, 0.1) is 0 Å². The van der Waals surface area contributed by atoms with Crippen molar-refractivity contribution in [3.63, 3.8) is 0 Å². The average Bonchev–Trinajstić information content (AvgIpc) is 2.33. The Morgan fingerprint density at radius 3 is 2.60 bits per heavy atom. The summed E-state index contributed by atoms with van der Waals surface area (Å²) in [7, 11) is 0. The van der Waals surface area contributed by atoms with E-state index in [1.807, 2.05) is 0 Å². The van der Waals surface area contributed by atoms with Crippen LogP contribution in [0.2, 0.25) is 0 Å². The number of hydrogen-bond donors (Lipinski definition) is 2. The number of carbonyl (C=O) groups excluding carboxylic acids is 1. The number of rotatable bonds is 6. The Balaban J connectivity index is 2.50. The summed E-state index contributed by atoms with van der Waals surface area (Å²) in [5.41, 5.74) is 5.91. The summed E-state index contributed by atoms with van der Waals surface area (Å²) in [5, 5.41) is 1.64. The fourth-order valence-electron chi connectivity index (χ4n) is 1.41. The average molecular weight is 294 g/mol. The van der Waals surface area contributed by atoms with E-state index in [0.29, 0.717) is 18.5 Å². The van der Waals surface area contributed by atoms with E-state index in [4.69, 9.17) is 10.5 Å². The fraction of sp³-hybridized carbons (Fsp3) is 0.417. The second-order valence-corrected chi connectivity index (χ2v) is 4.01. The van der Waals surface area contributed by atoms with Crippen LogP contribution in [0.15, 0.2) is 18.2 Å². The number of nitrogens with two attached hydrogens (primary N) is 1. The number of hydrogen-bond acceptors (Lipinski definition) is 3. The smallest absolute Gasteiger partial charge is 0.405 e. The molecule has 0 unspecified atom stereocenters. The third-order valence-corrected chi connectivity index (χ3v) is 2.22. The van der Waals surface area contributed by atoms with Gasteiger partial charge in [-0.3, -0.25) is 4.79 Å². The lowest BCUT2D eigenvalue weighted by Gasteiger charge is -2.10. The molecule has 0 bridgehead atoms. The molecular formula is C12H14F4N2O2. The van der Waals surface area contributed by atoms with E-state index >= 15 is 0 Å². The van der Waals surface area contributed by atoms with Gasteiger partial charge in [0.25, 0.3) is 5.91 Å². The highest BCUT2D eigenvalue weighted by atomic mass is 19.4. The third kappa shape index (κ3) is 6.37. The van der Waals surface area contributed by atoms with Gasteiger partial charge in [0.1, 0.15) is 18.1 Å². The molecule has 0 saturated heterocycles. The van der Waals surface area contributed by atoms with E-state index in [0.717, 1.165) is 6.07 Å². The maximum Gasteiger partial charge on any atom is 0.405 e. The Bertz CT molecular complexity index is 463. The second-order valence-electron chi connectivity index (χ2n) is 4.01. The molecule has 0 saturated carbocycles. The first kappa shape index (κ1) is 16.2. The highest BCUT2D eigenvalue weighted by molar-refractivity contribution is 5.77. The monoisotopic (exact) mass is 294 g/mol. The normalized spacial score (nSPS) is 11.2. The predicted molar refractivity (Wildman–Crippen MR) is 63.7 cm³/mol. The molecule has 1 amide bonds. The van der Waals surface area contributed by atoms with Crippen LogP contribution in [0.25, 0.3) is 0 Å². The van der Waals surface area contributed by atoms with Crippen LogP contribution in [0.3, 0.4) is 0 Å². The Hall–Kier alpha value is -1.83. The van der Waals surface area contributed by atoms with Crippen molar-refractivity contribution in [3.05, 3.63) is 29.6 Å². The molecule has 0 aliphatic heterocycles. The summed E-state index contributed by atoms with van der Waals surface area (Å²) in [6, 6.07) is 3.79. The first-order chi connectivity index (χ1) is 9.30. The summed E-state index contributed by atoms with van der Waals surface area (Å²) in [6.07, 6.45) is -4.06. The number of ether oxygens (including phenoxy) is 1. The maximum atomic E-state index is 13.2. The minimum Gasteiger partial charge on any atom is -0.484 e. The topological polar surface area (TPSA) is 64.3 Å². The zero-order valence-electron chi connectivity index (χ0n) is 10.5. The van der Waals surface area contributed by atoms with Crippen LogP contribution >= 0.6 is 0 Å². The van der Waals surface area contributed by atoms with Crippen molar-refractivity contribution >= 4 is 5.91 Å². The molecule has 0 spiro atoms. The van der Waals surface area contributed by atoms with E-state index in [-0.39, 0.29) is 5.75 Å². The molecule has 0 aromatic heterocycles. The fourth-order valence-corrected chi connectivity index (χ4v) is 1.41. The Kier molecular flexibility index (Phi) is 5.75. The molecule has 20 heavy (non-hydrogen) atoms. The van der Waals surface area contributed by atoms with Gasteiger partial charge in [0.2, 0.25) is 0 Å². The largest absolute Gasteiger partial charge is 0.484 e. The van der Waals surface area contributed by atoms with Crippen LogP contribution in [0, 0.1) is 5.82 Å². The van der Waals surface area contributed by atoms with Crippen LogP contribution < -0.4 is 15.8 Å². The molecule has 1 aromatic rings. The van der Waals surface area contributed by atoms with Crippen molar-refractivity contribution in [2.45, 2.75) is 12.6 Å². The highest BCUT2D eigenvalue weighted by Crippen LogP contribution is 2.17. The molecule has 0 fully saturated rings. The number of carbonyl (C=O) groups is 1. The van der Waals surface area contributed by atoms with E-state index in [9.17, 15) is 22.4 Å². The molecule has 1 aromatic carbocycles. The molecular weight excluding hydrogens is 280 g/mol. The van der Waals surface area contributed by atoms with E-state index in [2.05, 4.69) is 0 Å². The summed E-state index contributed by atoms with van der Waals surface area (Å²) in [5.74, 6) is -1.44. The quantitative estimate of drug-likeness (QED) is 0.779. The lowest BCUT2D eigenvalue weighted by molar-refractivity contribution is -0.139. The molecule has 4 nitrogen and oxygen atoms in total. The van der Waals surface area contributed by atoms with Crippen LogP contribution in [0.4, 0.5) is 17.6 Å². The van der Waals surface area contributed by atoms with Crippen LogP contribution in [0.5, 0.6) is 5.75 Å². The van der Waals surface area contributed by atoms with E-state index < -0.39 is 31.1 Å². The molecule has 112 valence electrons. The maximum absolute atomic E-state index is 13.2. The first-order valence-corrected chi connectivity index (χ1v) is 5.76. The first-order valence-electron chi connectivity index (χ1n) is 5.76. The zero-order valence-corrected chi connectivity index (χ0v) is 10.5. The standard InChI is InChI=1S/C12H14F4N2O2/c13-9-3-8(1-2-17)4-10(5-9)20-6-11(19)18-7-12(14,15)16/h3-5H,1-2,6-7,17H2,(H,18,19). The Morgan fingerprint density at radius 1 is 1.30 bits per heavy atom. The Morgan fingerprint density at radius 2 is 2.00 bits per heavy atom. The lowest BCUT2D eigenvalue weighted by Crippen LogP contribution is -2.36. The van der Waals surface area contributed by atoms with Crippen molar-refractivity contribution in [2.24, 2.45) is 5.73 Å². The summed E-state index contributed by atoms with van der Waals surface area (Å²) in [4.78, 5) is 11.1. The van der Waals surface area contributed by atoms with Gasteiger partial charge in [-0.2, -0.15) is 13.2 Å². The molecule has 3 N–H and O–H groups in total. The third-order valence-electron chi connectivity index (χ3n) is 2.22. The Labute approximate surface area is 112 Å². The van der Waals surface area contributed by atoms with Crippen LogP contribution in [0.1, 0.15) is 5.56 Å². The van der Waals surface area contributed by atoms with Crippen molar-refractivity contribution in [1.82, 2.24) is 5.32 Å². The SMILES string of the molecule is NCCc1cc(F)cc(OCC(=O)NCC(F)(F)F)c1. The number of amides is 1. The van der Waals surface area contributed by atoms with Crippen molar-refractivity contribution in [2.75, 3.05) is 19.7 Å². The molecule has 0 radical (unpaired) electrons. The highest BCUT2D eigenvalue weighted by Gasteiger charge is 2.27. The van der Waals surface area contributed by atoms with Crippen LogP contribution in [-0.2, 0) is 11.2 Å². The van der Waals surface area contributed by atoms with E-state index in [1.165, 1.54) is 12.1 Å². The van der Waals surface area contributed by atoms with Gasteiger partial charge < -0.3 is 15.8 Å². The molecule has 8 heteroatoms. The summed E-state index contributed by atoms with van der Waals surface area (Å²) in [6.45, 7) is -1.74. The number of nitrogens with one attached hydrogen (secondary N) is 1. The molecule has 0 heterocycles. The predicted octanol–water partition coefficient (Wildman–Crippen LogP) is 1.38. The summed E-state index contributed by atoms with van der Waals surface area (Å²) < 4.78 is 53.7. The van der Waals surface area contributed by atoms with Crippen molar-refractivity contribution in [3.8, 4) is 5.75 Å². The number of benzene rings is 1. The van der Waals surface area contributed by atoms with Gasteiger partial charge in [-0.25, -0.2) is 4.39 Å². The number of alkyl halides is 3. The minimum atomic E-state index is -4.48. The molecule has 0 atom stereocenters. The van der Waals surface area contributed by atoms with Gasteiger partial charge in [0, 0.05) is 6.07 Å². The number of halogens is 4. The van der Waals surface area contributed by atoms with Gasteiger partial charge in [-0.1, -0.05) is 0 Å². The second kappa shape index (κ2) is 7.09. The van der Waals surface area contributed by atoms with Gasteiger partial charge in [-0.15, -0.1) is 0 Å². The lowest BCUT2D eigenvalue weighted by atomic mass is 10.1. The summed E-state index contributed by atoms with van der Waals surface area (Å²) >= 11 is 0. The van der Waals surface area contributed by atoms with Crippen LogP contribution in [-0.4, -0.2) is 31.8 Å². The van der Waals surface area contributed by atoms with Crippen molar-refractivity contribution < 1.29 is 27.1 Å². The molecule has 0 aliphatic carbocycles. The molecule has 1 rings (SSSR count). The van der Waals surface area contributed by atoms with E-state index in [1.54, 1.807) is 5.32 Å². The van der Waals surface area contributed by atoms with Gasteiger partial charge >= 0.3 is 6.18 Å². The van der Waals surface area contributed by atoms with Gasteiger partial charge in [-0.05, 0) is 30.7 Å². The molecule has 0 aliphatic rings. The minimum absolute atomic E-state index is 0.0654. The van der Waals surface area contributed by atoms with Crippen molar-refractivity contribution in [1.29, 1.82) is 0 Å². The zero-order chi connectivity index (χ0) is 15.2.